The molecule has 4 amide bonds. The fourth-order valence-corrected chi connectivity index (χ4v) is 9.54. The largest absolute Gasteiger partial charge is 0.470 e. The van der Waals surface area contributed by atoms with E-state index in [1.807, 2.05) is 34.6 Å². The van der Waals surface area contributed by atoms with E-state index in [2.05, 4.69) is 37.2 Å². The first-order valence-electron chi connectivity index (χ1n) is 21.6. The Morgan fingerprint density at radius 3 is 2.26 bits per heavy atom. The zero-order valence-electron chi connectivity index (χ0n) is 36.9. The van der Waals surface area contributed by atoms with Gasteiger partial charge in [0.1, 0.15) is 34.8 Å². The van der Waals surface area contributed by atoms with Crippen LogP contribution in [0.4, 0.5) is 18.9 Å². The highest BCUT2D eigenvalue weighted by Crippen LogP contribution is 2.46. The molecule has 0 unspecified atom stereocenters. The van der Waals surface area contributed by atoms with Gasteiger partial charge >= 0.3 is 6.18 Å². The van der Waals surface area contributed by atoms with Crippen molar-refractivity contribution in [1.82, 2.24) is 30.2 Å². The Morgan fingerprint density at radius 1 is 0.970 bits per heavy atom. The lowest BCUT2D eigenvalue weighted by Gasteiger charge is -2.36. The van der Waals surface area contributed by atoms with Gasteiger partial charge in [0.25, 0.3) is 17.7 Å². The molecule has 0 bridgehead atoms. The second-order valence-electron chi connectivity index (χ2n) is 18.5. The van der Waals surface area contributed by atoms with Crippen molar-refractivity contribution in [2.75, 3.05) is 11.9 Å². The molecule has 3 heterocycles. The molecule has 0 spiro atoms. The first-order chi connectivity index (χ1) is 31.1. The minimum Gasteiger partial charge on any atom is -0.470 e. The van der Waals surface area contributed by atoms with Crippen LogP contribution in [0.25, 0.3) is 33.5 Å². The molecule has 2 aromatic heterocycles. The highest BCUT2D eigenvalue weighted by molar-refractivity contribution is 7.91. The lowest BCUT2D eigenvalue weighted by Crippen LogP contribution is -2.58. The highest BCUT2D eigenvalue weighted by atomic mass is 32.2. The number of carbonyl (C=O) groups is 4. The third-order valence-corrected chi connectivity index (χ3v) is 13.8. The van der Waals surface area contributed by atoms with E-state index in [-0.39, 0.29) is 54.2 Å². The van der Waals surface area contributed by atoms with Gasteiger partial charge in [0.2, 0.25) is 27.4 Å². The Bertz CT molecular complexity index is 2840. The van der Waals surface area contributed by atoms with E-state index >= 15 is 4.79 Å². The maximum atomic E-state index is 15.0. The second-order valence-corrected chi connectivity index (χ2v) is 20.5. The van der Waals surface area contributed by atoms with Crippen LogP contribution in [-0.2, 0) is 30.6 Å². The molecular weight excluding hydrogens is 880 g/mol. The third kappa shape index (κ3) is 9.30. The number of benzene rings is 3. The van der Waals surface area contributed by atoms with Gasteiger partial charge in [0.05, 0.1) is 17.4 Å². The van der Waals surface area contributed by atoms with Gasteiger partial charge in [-0.25, -0.2) is 13.4 Å². The second kappa shape index (κ2) is 17.1. The molecule has 66 heavy (non-hydrogen) atoms. The number of halogens is 3. The van der Waals surface area contributed by atoms with Crippen molar-refractivity contribution < 1.29 is 49.9 Å². The van der Waals surface area contributed by atoms with Crippen LogP contribution < -0.4 is 25.4 Å². The van der Waals surface area contributed by atoms with Gasteiger partial charge in [0, 0.05) is 40.6 Å². The van der Waals surface area contributed by atoms with Crippen LogP contribution >= 0.6 is 0 Å². The number of anilines is 1. The van der Waals surface area contributed by atoms with Crippen molar-refractivity contribution in [3.8, 4) is 17.3 Å². The summed E-state index contributed by atoms with van der Waals surface area (Å²) < 4.78 is 81.2. The minimum atomic E-state index is -4.58. The van der Waals surface area contributed by atoms with Gasteiger partial charge in [-0.15, -0.1) is 6.58 Å². The molecule has 0 radical (unpaired) electrons. The van der Waals surface area contributed by atoms with Crippen LogP contribution in [0.5, 0.6) is 5.88 Å². The number of ether oxygens (including phenoxy) is 1. The molecule has 3 aromatic carbocycles. The fourth-order valence-electron chi connectivity index (χ4n) is 8.18. The van der Waals surface area contributed by atoms with Crippen LogP contribution in [0.15, 0.2) is 89.9 Å². The van der Waals surface area contributed by atoms with E-state index in [4.69, 9.17) is 9.15 Å². The summed E-state index contributed by atoms with van der Waals surface area (Å²) in [4.78, 5) is 66.7. The normalized spacial score (nSPS) is 21.3. The van der Waals surface area contributed by atoms with Crippen LogP contribution in [-0.4, -0.2) is 88.5 Å². The summed E-state index contributed by atoms with van der Waals surface area (Å²) in [6, 6.07) is 15.6. The molecule has 3 aliphatic rings. The van der Waals surface area contributed by atoms with Crippen molar-refractivity contribution in [1.29, 1.82) is 0 Å². The van der Waals surface area contributed by atoms with Crippen molar-refractivity contribution in [2.45, 2.75) is 101 Å². The van der Waals surface area contributed by atoms with Crippen LogP contribution in [0.2, 0.25) is 0 Å². The number of amides is 4. The number of nitrogens with one attached hydrogen (secondary N) is 4. The Balaban J connectivity index is 1.14. The molecular formula is C47H50F3N7O8S. The number of sulfonamides is 1. The van der Waals surface area contributed by atoms with Gasteiger partial charge in [-0.1, -0.05) is 51.1 Å². The van der Waals surface area contributed by atoms with E-state index in [0.717, 1.165) is 12.1 Å². The van der Waals surface area contributed by atoms with E-state index in [1.54, 1.807) is 48.5 Å². The van der Waals surface area contributed by atoms with Crippen LogP contribution in [0, 0.1) is 11.3 Å². The lowest BCUT2D eigenvalue weighted by molar-refractivity contribution is -0.141. The number of rotatable bonds is 14. The maximum absolute atomic E-state index is 15.0. The number of para-hydroxylation sites is 1. The van der Waals surface area contributed by atoms with Crippen LogP contribution in [0.3, 0.4) is 0 Å². The number of hydrogen-bond donors (Lipinski definition) is 4. The Labute approximate surface area is 379 Å². The van der Waals surface area contributed by atoms with E-state index in [0.29, 0.717) is 40.6 Å². The molecule has 5 aromatic rings. The van der Waals surface area contributed by atoms with Crippen molar-refractivity contribution in [3.63, 3.8) is 0 Å². The highest BCUT2D eigenvalue weighted by Gasteiger charge is 2.62. The summed E-state index contributed by atoms with van der Waals surface area (Å²) >= 11 is 0. The number of carbonyl (C=O) groups excluding carboxylic acids is 4. The topological polar surface area (TPSA) is 202 Å². The average Bonchev–Trinajstić information content (AvgIpc) is 4.16. The quantitative estimate of drug-likeness (QED) is 0.0859. The van der Waals surface area contributed by atoms with Gasteiger partial charge in [-0.3, -0.25) is 23.9 Å². The van der Waals surface area contributed by atoms with Gasteiger partial charge < -0.3 is 30.0 Å². The molecule has 2 aliphatic carbocycles. The summed E-state index contributed by atoms with van der Waals surface area (Å²) in [6.07, 6.45) is -3.30. The number of aromatic nitrogens is 2. The monoisotopic (exact) mass is 929 g/mol. The number of nitrogens with zero attached hydrogens (tertiary/aromatic N) is 3. The molecule has 2 saturated carbocycles. The molecule has 8 rings (SSSR count). The van der Waals surface area contributed by atoms with Crippen molar-refractivity contribution in [3.05, 3.63) is 96.6 Å². The lowest BCUT2D eigenvalue weighted by atomic mass is 9.85. The SMILES string of the molecule is C=C[C@@H]1C[C@]1(NC(=O)[C@@H]1C[C@@H](Oc2nc(-c3ccc(C(F)(F)F)cc3)nc3c2oc2ccccc23)CN1C(=O)[C@@H](Nc1ccc(C(=O)NC(C)C)cc1)C(C)(C)C)C(=O)NS(=O)(=O)C1CC1. The smallest absolute Gasteiger partial charge is 0.416 e. The third-order valence-electron chi connectivity index (χ3n) is 12.0. The van der Waals surface area contributed by atoms with Crippen LogP contribution in [0.1, 0.15) is 76.2 Å². The van der Waals surface area contributed by atoms with Crippen molar-refractivity contribution >= 4 is 61.4 Å². The maximum Gasteiger partial charge on any atom is 0.416 e. The summed E-state index contributed by atoms with van der Waals surface area (Å²) in [7, 11) is -3.99. The molecule has 3 fully saturated rings. The standard InChI is InChI=1S/C47H50F3N7O8S/c1-7-28-23-46(28,44(61)56-66(62,63)32-20-21-32)55-41(59)34-22-31(24-57(34)43(60)38(45(4,5)6)52-30-18-14-27(15-19-30)40(58)51-25(2)3)64-42-37-36(33-10-8-9-11-35(33)65-37)53-39(54-42)26-12-16-29(17-13-26)47(48,49)50/h7-19,25,28,31-32,34,38,52H,1,20-24H2,2-6H3,(H,51,58)(H,55,59)(H,56,61)/t28-,31-,34+,38-,46-/m1/s1. The Hall–Kier alpha value is -6.50. The van der Waals surface area contributed by atoms with E-state index in [9.17, 15) is 36.0 Å². The molecule has 348 valence electrons. The van der Waals surface area contributed by atoms with E-state index < -0.39 is 79.8 Å². The Kier molecular flexibility index (Phi) is 11.9. The molecule has 19 heteroatoms. The zero-order chi connectivity index (χ0) is 47.5. The number of alkyl halides is 3. The molecule has 5 atom stereocenters. The predicted molar refractivity (Wildman–Crippen MR) is 239 cm³/mol. The zero-order valence-corrected chi connectivity index (χ0v) is 37.7. The molecule has 15 nitrogen and oxygen atoms in total. The number of hydrogen-bond acceptors (Lipinski definition) is 11. The number of furan rings is 1. The summed E-state index contributed by atoms with van der Waals surface area (Å²) in [5.74, 6) is -3.09. The number of likely N-dealkylation sites (tertiary alicyclic amines) is 1. The molecule has 1 aliphatic heterocycles. The molecule has 1 saturated heterocycles. The van der Waals surface area contributed by atoms with Crippen molar-refractivity contribution in [2.24, 2.45) is 11.3 Å². The molecule has 4 N–H and O–H groups in total. The Morgan fingerprint density at radius 2 is 1.65 bits per heavy atom. The van der Waals surface area contributed by atoms with Gasteiger partial charge in [0.15, 0.2) is 5.82 Å². The minimum absolute atomic E-state index is 0.0287. The van der Waals surface area contributed by atoms with Gasteiger partial charge in [-0.2, -0.15) is 18.2 Å². The van der Waals surface area contributed by atoms with E-state index in [1.165, 1.54) is 23.1 Å². The first-order valence-corrected chi connectivity index (χ1v) is 23.1. The summed E-state index contributed by atoms with van der Waals surface area (Å²) in [5.41, 5.74) is -1.25. The van der Waals surface area contributed by atoms with Gasteiger partial charge in [-0.05, 0) is 87.1 Å². The predicted octanol–water partition coefficient (Wildman–Crippen LogP) is 6.74. The first kappa shape index (κ1) is 46.0. The summed E-state index contributed by atoms with van der Waals surface area (Å²) in [5, 5.41) is 8.81. The number of fused-ring (bicyclic) bond motifs is 3. The summed E-state index contributed by atoms with van der Waals surface area (Å²) in [6.45, 7) is 12.8. The fraction of sp³-hybridized carbons (Fsp3) is 0.404. The average molecular weight is 930 g/mol.